The van der Waals surface area contributed by atoms with Crippen LogP contribution < -0.4 is 14.8 Å². The van der Waals surface area contributed by atoms with Crippen LogP contribution in [0.4, 0.5) is 5.69 Å². The molecule has 0 atom stereocenters. The zero-order chi connectivity index (χ0) is 21.1. The predicted octanol–water partition coefficient (Wildman–Crippen LogP) is 3.58. The van der Waals surface area contributed by atoms with E-state index < -0.39 is 10.0 Å². The van der Waals surface area contributed by atoms with Crippen molar-refractivity contribution >= 4 is 37.5 Å². The molecule has 1 amide bonds. The lowest BCUT2D eigenvalue weighted by atomic mass is 10.1. The maximum atomic E-state index is 13.1. The van der Waals surface area contributed by atoms with Gasteiger partial charge in [0.2, 0.25) is 15.9 Å². The van der Waals surface area contributed by atoms with Crippen molar-refractivity contribution in [2.75, 3.05) is 31.6 Å². The standard InChI is InChI=1S/C21H23BrN2O5S/c22-16-14-19-18(28-10-11-29-19)12-15(16)13-21(25)23-17-6-2-3-7-20(17)30(26,27)24-8-4-1-5-9-24/h2-3,6-7,12,14H,1,4-5,8-11,13H2,(H,23,25). The molecule has 0 radical (unpaired) electrons. The van der Waals surface area contributed by atoms with Gasteiger partial charge in [0.25, 0.3) is 0 Å². The molecule has 4 rings (SSSR count). The first-order chi connectivity index (χ1) is 14.4. The Balaban J connectivity index is 1.53. The van der Waals surface area contributed by atoms with E-state index in [0.29, 0.717) is 43.5 Å². The molecule has 0 aliphatic carbocycles. The highest BCUT2D eigenvalue weighted by atomic mass is 79.9. The monoisotopic (exact) mass is 494 g/mol. The lowest BCUT2D eigenvalue weighted by Gasteiger charge is -2.26. The van der Waals surface area contributed by atoms with Gasteiger partial charge in [0.1, 0.15) is 18.1 Å². The molecule has 0 unspecified atom stereocenters. The number of benzene rings is 2. The third-order valence-corrected chi connectivity index (χ3v) is 7.85. The number of amides is 1. The first kappa shape index (κ1) is 21.1. The summed E-state index contributed by atoms with van der Waals surface area (Å²) in [6, 6.07) is 10.1. The largest absolute Gasteiger partial charge is 0.486 e. The van der Waals surface area contributed by atoms with E-state index in [1.54, 1.807) is 36.4 Å². The van der Waals surface area contributed by atoms with Gasteiger partial charge < -0.3 is 14.8 Å². The van der Waals surface area contributed by atoms with Crippen LogP contribution in [0.25, 0.3) is 0 Å². The lowest BCUT2D eigenvalue weighted by Crippen LogP contribution is -2.36. The number of carbonyl (C=O) groups excluding carboxylic acids is 1. The molecule has 160 valence electrons. The molecule has 0 bridgehead atoms. The SMILES string of the molecule is O=C(Cc1cc2c(cc1Br)OCCO2)Nc1ccccc1S(=O)(=O)N1CCCCC1. The molecule has 30 heavy (non-hydrogen) atoms. The Morgan fingerprint density at radius 3 is 2.43 bits per heavy atom. The number of nitrogens with zero attached hydrogens (tertiary/aromatic N) is 1. The minimum atomic E-state index is -3.66. The topological polar surface area (TPSA) is 84.9 Å². The second-order valence-corrected chi connectivity index (χ2v) is 10.0. The summed E-state index contributed by atoms with van der Waals surface area (Å²) in [6.07, 6.45) is 2.81. The number of ether oxygens (including phenoxy) is 2. The second kappa shape index (κ2) is 8.95. The Bertz CT molecular complexity index is 1050. The second-order valence-electron chi connectivity index (χ2n) is 7.27. The molecule has 2 aliphatic heterocycles. The molecule has 9 heteroatoms. The van der Waals surface area contributed by atoms with E-state index in [1.165, 1.54) is 4.31 Å². The number of rotatable bonds is 5. The van der Waals surface area contributed by atoms with Gasteiger partial charge in [-0.15, -0.1) is 0 Å². The average Bonchev–Trinajstić information content (AvgIpc) is 2.75. The molecule has 2 aliphatic rings. The summed E-state index contributed by atoms with van der Waals surface area (Å²) in [5.41, 5.74) is 1.02. The van der Waals surface area contributed by atoms with E-state index in [1.807, 2.05) is 0 Å². The highest BCUT2D eigenvalue weighted by molar-refractivity contribution is 9.10. The number of halogens is 1. The molecule has 1 saturated heterocycles. The molecule has 2 aromatic carbocycles. The number of hydrogen-bond donors (Lipinski definition) is 1. The zero-order valence-corrected chi connectivity index (χ0v) is 18.8. The first-order valence-electron chi connectivity index (χ1n) is 9.92. The van der Waals surface area contributed by atoms with Crippen LogP contribution in [0.15, 0.2) is 45.8 Å². The van der Waals surface area contributed by atoms with E-state index in [-0.39, 0.29) is 17.2 Å². The van der Waals surface area contributed by atoms with Gasteiger partial charge in [0.15, 0.2) is 11.5 Å². The predicted molar refractivity (Wildman–Crippen MR) is 117 cm³/mol. The van der Waals surface area contributed by atoms with Crippen LogP contribution in [0, 0.1) is 0 Å². The van der Waals surface area contributed by atoms with Gasteiger partial charge in [-0.3, -0.25) is 4.79 Å². The molecule has 0 saturated carbocycles. The van der Waals surface area contributed by atoms with Crippen molar-refractivity contribution in [2.45, 2.75) is 30.6 Å². The van der Waals surface area contributed by atoms with Gasteiger partial charge in [-0.1, -0.05) is 34.5 Å². The van der Waals surface area contributed by atoms with E-state index in [0.717, 1.165) is 29.3 Å². The minimum Gasteiger partial charge on any atom is -0.486 e. The summed E-state index contributed by atoms with van der Waals surface area (Å²) in [5.74, 6) is 0.921. The summed E-state index contributed by atoms with van der Waals surface area (Å²) >= 11 is 3.47. The van der Waals surface area contributed by atoms with Crippen LogP contribution >= 0.6 is 15.9 Å². The van der Waals surface area contributed by atoms with Crippen molar-refractivity contribution in [1.29, 1.82) is 0 Å². The Labute approximate surface area is 184 Å². The third-order valence-electron chi connectivity index (χ3n) is 5.16. The Hall–Kier alpha value is -2.10. The molecule has 0 spiro atoms. The molecule has 1 fully saturated rings. The highest BCUT2D eigenvalue weighted by Crippen LogP contribution is 2.36. The number of anilines is 1. The van der Waals surface area contributed by atoms with Gasteiger partial charge >= 0.3 is 0 Å². The fourth-order valence-corrected chi connectivity index (χ4v) is 5.78. The summed E-state index contributed by atoms with van der Waals surface area (Å²) in [5, 5.41) is 2.77. The van der Waals surface area contributed by atoms with Crippen molar-refractivity contribution in [3.63, 3.8) is 0 Å². The number of hydrogen-bond acceptors (Lipinski definition) is 5. The highest BCUT2D eigenvalue weighted by Gasteiger charge is 2.28. The van der Waals surface area contributed by atoms with Crippen LogP contribution in [0.1, 0.15) is 24.8 Å². The van der Waals surface area contributed by atoms with E-state index in [2.05, 4.69) is 21.2 Å². The van der Waals surface area contributed by atoms with Crippen molar-refractivity contribution in [3.05, 3.63) is 46.4 Å². The number of para-hydroxylation sites is 1. The summed E-state index contributed by atoms with van der Waals surface area (Å²) in [7, 11) is -3.66. The molecular formula is C21H23BrN2O5S. The van der Waals surface area contributed by atoms with E-state index in [9.17, 15) is 13.2 Å². The van der Waals surface area contributed by atoms with Gasteiger partial charge in [-0.2, -0.15) is 4.31 Å². The Morgan fingerprint density at radius 1 is 1.03 bits per heavy atom. The number of sulfonamides is 1. The number of fused-ring (bicyclic) bond motifs is 1. The van der Waals surface area contributed by atoms with Crippen molar-refractivity contribution < 1.29 is 22.7 Å². The van der Waals surface area contributed by atoms with Crippen LogP contribution in [0.5, 0.6) is 11.5 Å². The number of piperidine rings is 1. The molecule has 2 aromatic rings. The van der Waals surface area contributed by atoms with Gasteiger partial charge in [0, 0.05) is 17.6 Å². The maximum absolute atomic E-state index is 13.1. The summed E-state index contributed by atoms with van der Waals surface area (Å²) < 4.78 is 39.6. The lowest BCUT2D eigenvalue weighted by molar-refractivity contribution is -0.115. The van der Waals surface area contributed by atoms with Gasteiger partial charge in [0.05, 0.1) is 12.1 Å². The maximum Gasteiger partial charge on any atom is 0.245 e. The summed E-state index contributed by atoms with van der Waals surface area (Å²) in [4.78, 5) is 12.9. The number of carbonyl (C=O) groups is 1. The fourth-order valence-electron chi connectivity index (χ4n) is 3.65. The summed E-state index contributed by atoms with van der Waals surface area (Å²) in [6.45, 7) is 1.97. The smallest absolute Gasteiger partial charge is 0.245 e. The van der Waals surface area contributed by atoms with Crippen LogP contribution in [-0.2, 0) is 21.2 Å². The van der Waals surface area contributed by atoms with Gasteiger partial charge in [-0.25, -0.2) is 8.42 Å². The minimum absolute atomic E-state index is 0.0648. The third kappa shape index (κ3) is 4.48. The molecule has 1 N–H and O–H groups in total. The molecule has 0 aromatic heterocycles. The quantitative estimate of drug-likeness (QED) is 0.686. The Kier molecular flexibility index (Phi) is 6.31. The van der Waals surface area contributed by atoms with Crippen molar-refractivity contribution in [1.82, 2.24) is 4.31 Å². The van der Waals surface area contributed by atoms with Crippen molar-refractivity contribution in [3.8, 4) is 11.5 Å². The molecular weight excluding hydrogens is 472 g/mol. The average molecular weight is 495 g/mol. The Morgan fingerprint density at radius 2 is 1.70 bits per heavy atom. The van der Waals surface area contributed by atoms with Crippen LogP contribution in [0.3, 0.4) is 0 Å². The first-order valence-corrected chi connectivity index (χ1v) is 12.2. The van der Waals surface area contributed by atoms with Crippen LogP contribution in [-0.4, -0.2) is 44.9 Å². The van der Waals surface area contributed by atoms with E-state index in [4.69, 9.17) is 9.47 Å². The van der Waals surface area contributed by atoms with E-state index >= 15 is 0 Å². The normalized spacial score (nSPS) is 16.8. The number of nitrogens with one attached hydrogen (secondary N) is 1. The molecule has 2 heterocycles. The van der Waals surface area contributed by atoms with Crippen molar-refractivity contribution in [2.24, 2.45) is 0 Å². The zero-order valence-electron chi connectivity index (χ0n) is 16.4. The molecule has 7 nitrogen and oxygen atoms in total. The van der Waals surface area contributed by atoms with Crippen LogP contribution in [0.2, 0.25) is 0 Å². The van der Waals surface area contributed by atoms with Gasteiger partial charge in [-0.05, 0) is 42.7 Å². The fraction of sp³-hybridized carbons (Fsp3) is 0.381.